The Morgan fingerprint density at radius 2 is 1.60 bits per heavy atom. The van der Waals surface area contributed by atoms with Gasteiger partial charge in [-0.05, 0) is 83.5 Å². The van der Waals surface area contributed by atoms with E-state index in [1.807, 2.05) is 24.3 Å². The Morgan fingerprint density at radius 1 is 1.00 bits per heavy atom. The lowest BCUT2D eigenvalue weighted by atomic mass is 10.1. The number of halogens is 2. The van der Waals surface area contributed by atoms with Crippen LogP contribution in [0.2, 0.25) is 5.02 Å². The summed E-state index contributed by atoms with van der Waals surface area (Å²) < 4.78 is 0.859. The Kier molecular flexibility index (Phi) is 5.02. The van der Waals surface area contributed by atoms with Gasteiger partial charge in [-0.3, -0.25) is 0 Å². The second-order valence-electron chi connectivity index (χ2n) is 4.51. The van der Waals surface area contributed by atoms with Crippen LogP contribution in [0.15, 0.2) is 40.9 Å². The third-order valence-corrected chi connectivity index (χ3v) is 4.38. The molecule has 0 aliphatic rings. The zero-order valence-electron chi connectivity index (χ0n) is 11.1. The first-order valence-corrected chi connectivity index (χ1v) is 7.64. The van der Waals surface area contributed by atoms with E-state index in [4.69, 9.17) is 23.8 Å². The molecule has 0 aliphatic heterocycles. The molecule has 2 nitrogen and oxygen atoms in total. The zero-order valence-corrected chi connectivity index (χ0v) is 14.3. The monoisotopic (exact) mass is 368 g/mol. The standard InChI is InChI=1S/C15H14BrClN2S/c1-9-3-4-11(7-10(9)2)18-15(20)19-12-5-6-13(16)14(17)8-12/h3-8H,1-2H3,(H2,18,19,20). The molecule has 2 aromatic carbocycles. The van der Waals surface area contributed by atoms with Crippen molar-refractivity contribution in [2.75, 3.05) is 10.6 Å². The van der Waals surface area contributed by atoms with E-state index >= 15 is 0 Å². The van der Waals surface area contributed by atoms with Gasteiger partial charge in [-0.1, -0.05) is 17.7 Å². The van der Waals surface area contributed by atoms with Crippen LogP contribution in [0.4, 0.5) is 11.4 Å². The van der Waals surface area contributed by atoms with Crippen molar-refractivity contribution in [3.05, 3.63) is 57.0 Å². The lowest BCUT2D eigenvalue weighted by Gasteiger charge is -2.12. The van der Waals surface area contributed by atoms with Crippen molar-refractivity contribution in [2.45, 2.75) is 13.8 Å². The molecule has 0 heterocycles. The first kappa shape index (κ1) is 15.3. The predicted molar refractivity (Wildman–Crippen MR) is 94.9 cm³/mol. The fourth-order valence-electron chi connectivity index (χ4n) is 1.69. The molecule has 0 saturated heterocycles. The lowest BCUT2D eigenvalue weighted by molar-refractivity contribution is 1.34. The smallest absolute Gasteiger partial charge is 0.175 e. The SMILES string of the molecule is Cc1ccc(NC(=S)Nc2ccc(Br)c(Cl)c2)cc1C. The molecule has 20 heavy (non-hydrogen) atoms. The summed E-state index contributed by atoms with van der Waals surface area (Å²) in [6.45, 7) is 4.16. The lowest BCUT2D eigenvalue weighted by Crippen LogP contribution is -2.19. The Hall–Kier alpha value is -1.10. The van der Waals surface area contributed by atoms with E-state index in [0.29, 0.717) is 10.1 Å². The molecule has 0 spiro atoms. The average Bonchev–Trinajstić information content (AvgIpc) is 2.38. The quantitative estimate of drug-likeness (QED) is 0.681. The van der Waals surface area contributed by atoms with E-state index in [-0.39, 0.29) is 0 Å². The molecule has 0 amide bonds. The highest BCUT2D eigenvalue weighted by molar-refractivity contribution is 9.10. The van der Waals surface area contributed by atoms with Crippen LogP contribution >= 0.6 is 39.7 Å². The summed E-state index contributed by atoms with van der Waals surface area (Å²) in [5.41, 5.74) is 4.30. The van der Waals surface area contributed by atoms with Gasteiger partial charge in [0.2, 0.25) is 0 Å². The highest BCUT2D eigenvalue weighted by Gasteiger charge is 2.03. The molecule has 0 fully saturated rings. The first-order chi connectivity index (χ1) is 9.45. The molecule has 0 aromatic heterocycles. The number of hydrogen-bond acceptors (Lipinski definition) is 1. The molecule has 0 atom stereocenters. The van der Waals surface area contributed by atoms with Crippen molar-refractivity contribution in [3.63, 3.8) is 0 Å². The van der Waals surface area contributed by atoms with Gasteiger partial charge in [-0.15, -0.1) is 0 Å². The van der Waals surface area contributed by atoms with E-state index in [9.17, 15) is 0 Å². The number of hydrogen-bond donors (Lipinski definition) is 2. The van der Waals surface area contributed by atoms with Crippen molar-refractivity contribution in [3.8, 4) is 0 Å². The molecule has 0 bridgehead atoms. The molecule has 2 aromatic rings. The summed E-state index contributed by atoms with van der Waals surface area (Å²) in [4.78, 5) is 0. The van der Waals surface area contributed by atoms with Crippen molar-refractivity contribution < 1.29 is 0 Å². The molecule has 0 radical (unpaired) electrons. The summed E-state index contributed by atoms with van der Waals surface area (Å²) in [5.74, 6) is 0. The summed E-state index contributed by atoms with van der Waals surface area (Å²) in [5, 5.41) is 7.44. The van der Waals surface area contributed by atoms with Crippen molar-refractivity contribution in [2.24, 2.45) is 0 Å². The summed E-state index contributed by atoms with van der Waals surface area (Å²) in [6.07, 6.45) is 0. The Balaban J connectivity index is 2.04. The number of benzene rings is 2. The minimum atomic E-state index is 0.534. The fourth-order valence-corrected chi connectivity index (χ4v) is 2.35. The highest BCUT2D eigenvalue weighted by atomic mass is 79.9. The summed E-state index contributed by atoms with van der Waals surface area (Å²) >= 11 is 14.7. The third-order valence-electron chi connectivity index (χ3n) is 2.94. The highest BCUT2D eigenvalue weighted by Crippen LogP contribution is 2.25. The molecule has 0 aliphatic carbocycles. The van der Waals surface area contributed by atoms with Gasteiger partial charge in [0.25, 0.3) is 0 Å². The topological polar surface area (TPSA) is 24.1 Å². The van der Waals surface area contributed by atoms with Gasteiger partial charge in [0, 0.05) is 15.8 Å². The zero-order chi connectivity index (χ0) is 14.7. The Bertz CT molecular complexity index is 603. The van der Waals surface area contributed by atoms with Crippen LogP contribution in [-0.4, -0.2) is 5.11 Å². The molecule has 0 saturated carbocycles. The van der Waals surface area contributed by atoms with Gasteiger partial charge >= 0.3 is 0 Å². The van der Waals surface area contributed by atoms with Crippen LogP contribution in [0.5, 0.6) is 0 Å². The van der Waals surface area contributed by atoms with E-state index in [2.05, 4.69) is 52.5 Å². The maximum atomic E-state index is 6.05. The van der Waals surface area contributed by atoms with Crippen LogP contribution in [0, 0.1) is 13.8 Å². The van der Waals surface area contributed by atoms with Gasteiger partial charge in [-0.2, -0.15) is 0 Å². The van der Waals surface area contributed by atoms with Crippen molar-refractivity contribution in [1.29, 1.82) is 0 Å². The van der Waals surface area contributed by atoms with Crippen molar-refractivity contribution >= 4 is 56.2 Å². The van der Waals surface area contributed by atoms with Crippen molar-refractivity contribution in [1.82, 2.24) is 0 Å². The largest absolute Gasteiger partial charge is 0.332 e. The van der Waals surface area contributed by atoms with Crippen LogP contribution in [0.3, 0.4) is 0 Å². The average molecular weight is 370 g/mol. The molecular weight excluding hydrogens is 356 g/mol. The van der Waals surface area contributed by atoms with Gasteiger partial charge in [0.15, 0.2) is 5.11 Å². The number of aryl methyl sites for hydroxylation is 2. The summed E-state index contributed by atoms with van der Waals surface area (Å²) in [7, 11) is 0. The van der Waals surface area contributed by atoms with Gasteiger partial charge < -0.3 is 10.6 Å². The second kappa shape index (κ2) is 6.57. The number of thiocarbonyl (C=S) groups is 1. The number of rotatable bonds is 2. The minimum absolute atomic E-state index is 0.534. The van der Waals surface area contributed by atoms with Crippen LogP contribution in [-0.2, 0) is 0 Å². The maximum Gasteiger partial charge on any atom is 0.175 e. The van der Waals surface area contributed by atoms with Crippen LogP contribution < -0.4 is 10.6 Å². The van der Waals surface area contributed by atoms with E-state index < -0.39 is 0 Å². The molecule has 5 heteroatoms. The van der Waals surface area contributed by atoms with Gasteiger partial charge in [0.05, 0.1) is 5.02 Å². The Morgan fingerprint density at radius 3 is 2.20 bits per heavy atom. The number of nitrogens with one attached hydrogen (secondary N) is 2. The van der Waals surface area contributed by atoms with E-state index in [1.165, 1.54) is 11.1 Å². The molecule has 0 unspecified atom stereocenters. The third kappa shape index (κ3) is 3.95. The summed E-state index contributed by atoms with van der Waals surface area (Å²) in [6, 6.07) is 11.7. The maximum absolute atomic E-state index is 6.05. The molecule has 2 N–H and O–H groups in total. The second-order valence-corrected chi connectivity index (χ2v) is 6.18. The fraction of sp³-hybridized carbons (Fsp3) is 0.133. The molecule has 104 valence electrons. The Labute approximate surface area is 137 Å². The number of anilines is 2. The van der Waals surface area contributed by atoms with Crippen LogP contribution in [0.25, 0.3) is 0 Å². The van der Waals surface area contributed by atoms with Gasteiger partial charge in [-0.25, -0.2) is 0 Å². The predicted octanol–water partition coefficient (Wildman–Crippen LogP) is 5.53. The first-order valence-electron chi connectivity index (χ1n) is 6.06. The molecular formula is C15H14BrClN2S. The van der Waals surface area contributed by atoms with E-state index in [1.54, 1.807) is 0 Å². The van der Waals surface area contributed by atoms with Gasteiger partial charge in [0.1, 0.15) is 0 Å². The minimum Gasteiger partial charge on any atom is -0.332 e. The van der Waals surface area contributed by atoms with E-state index in [0.717, 1.165) is 15.8 Å². The molecule has 2 rings (SSSR count). The van der Waals surface area contributed by atoms with Crippen LogP contribution in [0.1, 0.15) is 11.1 Å². The normalized spacial score (nSPS) is 10.2.